The second-order valence-corrected chi connectivity index (χ2v) is 5.21. The lowest BCUT2D eigenvalue weighted by Crippen LogP contribution is -2.41. The van der Waals surface area contributed by atoms with Gasteiger partial charge in [-0.25, -0.2) is 4.79 Å². The first-order chi connectivity index (χ1) is 9.55. The van der Waals surface area contributed by atoms with Crippen molar-refractivity contribution in [3.05, 3.63) is 22.7 Å². The van der Waals surface area contributed by atoms with Gasteiger partial charge in [0.1, 0.15) is 0 Å². The summed E-state index contributed by atoms with van der Waals surface area (Å²) >= 11 is 6.18. The molecule has 0 heterocycles. The Balaban J connectivity index is 2.13. The predicted molar refractivity (Wildman–Crippen MR) is 79.3 cm³/mol. The molecular formula is C14H19ClN2O3. The lowest BCUT2D eigenvalue weighted by atomic mass is 9.88. The van der Waals surface area contributed by atoms with Gasteiger partial charge in [0.15, 0.2) is 0 Å². The van der Waals surface area contributed by atoms with Crippen molar-refractivity contribution >= 4 is 28.9 Å². The van der Waals surface area contributed by atoms with Crippen molar-refractivity contribution in [1.29, 1.82) is 0 Å². The molecular weight excluding hydrogens is 280 g/mol. The highest BCUT2D eigenvalue weighted by atomic mass is 35.5. The van der Waals surface area contributed by atoms with E-state index in [2.05, 4.69) is 5.32 Å². The number of nitrogens with two attached hydrogens (primary N) is 1. The summed E-state index contributed by atoms with van der Waals surface area (Å²) in [6.45, 7) is 2.69. The third kappa shape index (κ3) is 3.16. The molecule has 2 rings (SSSR count). The van der Waals surface area contributed by atoms with E-state index in [-0.39, 0.29) is 12.1 Å². The first-order valence-corrected chi connectivity index (χ1v) is 6.98. The van der Waals surface area contributed by atoms with Gasteiger partial charge in [0.2, 0.25) is 0 Å². The van der Waals surface area contributed by atoms with Crippen LogP contribution in [-0.2, 0) is 9.47 Å². The van der Waals surface area contributed by atoms with Crippen molar-refractivity contribution < 1.29 is 14.3 Å². The monoisotopic (exact) mass is 298 g/mol. The number of rotatable bonds is 5. The highest BCUT2D eigenvalue weighted by Crippen LogP contribution is 2.34. The molecule has 0 spiro atoms. The van der Waals surface area contributed by atoms with Crippen LogP contribution in [0.5, 0.6) is 0 Å². The van der Waals surface area contributed by atoms with E-state index in [1.807, 2.05) is 6.92 Å². The molecule has 0 saturated heterocycles. The van der Waals surface area contributed by atoms with Crippen LogP contribution in [0.25, 0.3) is 0 Å². The molecule has 0 amide bonds. The molecule has 0 aliphatic heterocycles. The Morgan fingerprint density at radius 2 is 2.20 bits per heavy atom. The summed E-state index contributed by atoms with van der Waals surface area (Å²) in [6.07, 6.45) is 2.08. The number of methoxy groups -OCH3 is 1. The fraction of sp³-hybridized carbons (Fsp3) is 0.500. The lowest BCUT2D eigenvalue weighted by Gasteiger charge is -2.36. The van der Waals surface area contributed by atoms with E-state index in [0.29, 0.717) is 28.6 Å². The Morgan fingerprint density at radius 1 is 1.50 bits per heavy atom. The summed E-state index contributed by atoms with van der Waals surface area (Å²) in [5.41, 5.74) is 7.09. The Kier molecular flexibility index (Phi) is 4.73. The van der Waals surface area contributed by atoms with Gasteiger partial charge in [-0.1, -0.05) is 11.6 Å². The summed E-state index contributed by atoms with van der Waals surface area (Å²) in [6, 6.07) is 3.43. The molecule has 20 heavy (non-hydrogen) atoms. The maximum absolute atomic E-state index is 11.8. The average Bonchev–Trinajstić information content (AvgIpc) is 2.37. The Morgan fingerprint density at radius 3 is 2.80 bits per heavy atom. The van der Waals surface area contributed by atoms with Crippen LogP contribution < -0.4 is 11.1 Å². The third-order valence-corrected chi connectivity index (χ3v) is 3.66. The molecule has 0 atom stereocenters. The smallest absolute Gasteiger partial charge is 0.340 e. The van der Waals surface area contributed by atoms with Crippen LogP contribution in [0.2, 0.25) is 5.02 Å². The van der Waals surface area contributed by atoms with Gasteiger partial charge in [0.05, 0.1) is 29.5 Å². The molecule has 1 saturated carbocycles. The maximum atomic E-state index is 11.8. The molecule has 1 aromatic rings. The number of esters is 1. The zero-order valence-electron chi connectivity index (χ0n) is 11.6. The molecule has 6 heteroatoms. The van der Waals surface area contributed by atoms with E-state index in [4.69, 9.17) is 26.8 Å². The van der Waals surface area contributed by atoms with Crippen LogP contribution >= 0.6 is 11.6 Å². The summed E-state index contributed by atoms with van der Waals surface area (Å²) in [7, 11) is 1.33. The normalized spacial score (nSPS) is 21.1. The zero-order chi connectivity index (χ0) is 14.7. The van der Waals surface area contributed by atoms with Crippen LogP contribution in [0.15, 0.2) is 12.1 Å². The number of carbonyl (C=O) groups excluding carboxylic acids is 1. The molecule has 1 aliphatic rings. The highest BCUT2D eigenvalue weighted by Gasteiger charge is 2.31. The van der Waals surface area contributed by atoms with Crippen molar-refractivity contribution in [2.75, 3.05) is 24.8 Å². The Labute approximate surface area is 123 Å². The molecule has 1 fully saturated rings. The van der Waals surface area contributed by atoms with Gasteiger partial charge in [-0.3, -0.25) is 0 Å². The number of nitrogen functional groups attached to an aromatic ring is 1. The maximum Gasteiger partial charge on any atom is 0.340 e. The van der Waals surface area contributed by atoms with Crippen LogP contribution in [0.1, 0.15) is 30.1 Å². The average molecular weight is 299 g/mol. The van der Waals surface area contributed by atoms with Crippen molar-refractivity contribution in [3.8, 4) is 0 Å². The van der Waals surface area contributed by atoms with Gasteiger partial charge >= 0.3 is 5.97 Å². The van der Waals surface area contributed by atoms with Crippen LogP contribution in [0, 0.1) is 0 Å². The molecule has 5 nitrogen and oxygen atoms in total. The third-order valence-electron chi connectivity index (χ3n) is 3.36. The van der Waals surface area contributed by atoms with Gasteiger partial charge in [0.25, 0.3) is 0 Å². The summed E-state index contributed by atoms with van der Waals surface area (Å²) in [5.74, 6) is -0.456. The quantitative estimate of drug-likeness (QED) is 0.646. The number of halogens is 1. The van der Waals surface area contributed by atoms with Crippen LogP contribution in [0.3, 0.4) is 0 Å². The minimum atomic E-state index is -0.456. The minimum absolute atomic E-state index is 0.246. The molecule has 0 aromatic heterocycles. The fourth-order valence-corrected chi connectivity index (χ4v) is 2.59. The minimum Gasteiger partial charge on any atom is -0.465 e. The zero-order valence-corrected chi connectivity index (χ0v) is 12.4. The van der Waals surface area contributed by atoms with Gasteiger partial charge in [-0.15, -0.1) is 0 Å². The number of ether oxygens (including phenoxy) is 2. The second kappa shape index (κ2) is 6.33. The van der Waals surface area contributed by atoms with Crippen molar-refractivity contribution in [2.45, 2.75) is 31.9 Å². The largest absolute Gasteiger partial charge is 0.465 e. The van der Waals surface area contributed by atoms with Crippen molar-refractivity contribution in [1.82, 2.24) is 0 Å². The van der Waals surface area contributed by atoms with Gasteiger partial charge in [-0.2, -0.15) is 0 Å². The number of nitrogens with one attached hydrogen (secondary N) is 1. The fourth-order valence-electron chi connectivity index (χ4n) is 2.30. The lowest BCUT2D eigenvalue weighted by molar-refractivity contribution is 0.00298. The number of hydrogen-bond acceptors (Lipinski definition) is 5. The molecule has 0 radical (unpaired) electrons. The number of benzene rings is 1. The molecule has 0 unspecified atom stereocenters. The van der Waals surface area contributed by atoms with Crippen molar-refractivity contribution in [2.24, 2.45) is 0 Å². The molecule has 0 bridgehead atoms. The van der Waals surface area contributed by atoms with Crippen LogP contribution in [-0.4, -0.2) is 31.8 Å². The SMILES string of the molecule is CCOC1CC(Nc2c(Cl)cc(N)cc2C(=O)OC)C1. The van der Waals surface area contributed by atoms with Gasteiger partial charge < -0.3 is 20.5 Å². The van der Waals surface area contributed by atoms with Crippen molar-refractivity contribution in [3.63, 3.8) is 0 Å². The first-order valence-electron chi connectivity index (χ1n) is 6.60. The van der Waals surface area contributed by atoms with Gasteiger partial charge in [-0.05, 0) is 31.9 Å². The molecule has 3 N–H and O–H groups in total. The van der Waals surface area contributed by atoms with Gasteiger partial charge in [0, 0.05) is 18.3 Å². The standard InChI is InChI=1S/C14H19ClN2O3/c1-3-20-10-6-9(7-10)17-13-11(14(18)19-2)4-8(16)5-12(13)15/h4-5,9-10,17H,3,6-7,16H2,1-2H3. The van der Waals surface area contributed by atoms with E-state index in [9.17, 15) is 4.79 Å². The Hall–Kier alpha value is -1.46. The summed E-state index contributed by atoms with van der Waals surface area (Å²) < 4.78 is 10.3. The predicted octanol–water partition coefficient (Wildman–Crippen LogP) is 2.69. The van der Waals surface area contributed by atoms with Crippen LogP contribution in [0.4, 0.5) is 11.4 Å². The highest BCUT2D eigenvalue weighted by molar-refractivity contribution is 6.34. The van der Waals surface area contributed by atoms with E-state index >= 15 is 0 Å². The summed E-state index contributed by atoms with van der Waals surface area (Å²) in [4.78, 5) is 11.8. The number of hydrogen-bond donors (Lipinski definition) is 2. The topological polar surface area (TPSA) is 73.6 Å². The van der Waals surface area contributed by atoms with E-state index in [0.717, 1.165) is 12.8 Å². The number of anilines is 2. The molecule has 1 aliphatic carbocycles. The van der Waals surface area contributed by atoms with E-state index in [1.54, 1.807) is 12.1 Å². The number of carbonyl (C=O) groups is 1. The summed E-state index contributed by atoms with van der Waals surface area (Å²) in [5, 5.41) is 3.70. The Bertz CT molecular complexity index is 501. The van der Waals surface area contributed by atoms with E-state index < -0.39 is 5.97 Å². The second-order valence-electron chi connectivity index (χ2n) is 4.81. The molecule has 1 aromatic carbocycles. The first kappa shape index (κ1) is 14.9. The van der Waals surface area contributed by atoms with E-state index in [1.165, 1.54) is 7.11 Å². The molecule has 110 valence electrons.